The van der Waals surface area contributed by atoms with Crippen LogP contribution in [0.15, 0.2) is 24.3 Å². The fourth-order valence-corrected chi connectivity index (χ4v) is 2.31. The van der Waals surface area contributed by atoms with Gasteiger partial charge in [-0.05, 0) is 37.0 Å². The molecule has 2 heteroatoms. The third kappa shape index (κ3) is 2.75. The van der Waals surface area contributed by atoms with E-state index in [1.165, 1.54) is 18.4 Å². The second-order valence-corrected chi connectivity index (χ2v) is 4.98. The highest BCUT2D eigenvalue weighted by Gasteiger charge is 2.42. The molecule has 2 rings (SSSR count). The molecular formula is C13H17BrO. The Balaban J connectivity index is 1.93. The number of benzene rings is 1. The molecule has 0 heterocycles. The molecule has 0 atom stereocenters. The number of hydrogen-bond acceptors (Lipinski definition) is 1. The summed E-state index contributed by atoms with van der Waals surface area (Å²) in [4.78, 5) is 0. The van der Waals surface area contributed by atoms with Gasteiger partial charge >= 0.3 is 0 Å². The van der Waals surface area contributed by atoms with Crippen LogP contribution in [0.5, 0.6) is 5.75 Å². The molecule has 0 saturated heterocycles. The molecule has 1 aliphatic carbocycles. The molecule has 0 amide bonds. The summed E-state index contributed by atoms with van der Waals surface area (Å²) in [5.74, 6) is 1.02. The van der Waals surface area contributed by atoms with Crippen LogP contribution in [0.2, 0.25) is 0 Å². The summed E-state index contributed by atoms with van der Waals surface area (Å²) in [6.45, 7) is 3.02. The van der Waals surface area contributed by atoms with E-state index in [0.29, 0.717) is 5.41 Å². The van der Waals surface area contributed by atoms with Gasteiger partial charge in [-0.2, -0.15) is 0 Å². The van der Waals surface area contributed by atoms with Crippen molar-refractivity contribution in [3.05, 3.63) is 29.8 Å². The molecule has 82 valence electrons. The lowest BCUT2D eigenvalue weighted by Crippen LogP contribution is -2.14. The Bertz CT molecular complexity index is 331. The summed E-state index contributed by atoms with van der Waals surface area (Å²) < 4.78 is 5.84. The van der Waals surface area contributed by atoms with E-state index in [9.17, 15) is 0 Å². The molecule has 1 aliphatic rings. The van der Waals surface area contributed by atoms with Crippen LogP contribution in [-0.2, 0) is 6.42 Å². The average Bonchev–Trinajstić information content (AvgIpc) is 3.07. The SMILES string of the molecule is CCc1cccc(OCC2(CBr)CC2)c1. The van der Waals surface area contributed by atoms with E-state index in [1.807, 2.05) is 6.07 Å². The Morgan fingerprint density at radius 3 is 2.80 bits per heavy atom. The van der Waals surface area contributed by atoms with Gasteiger partial charge in [-0.25, -0.2) is 0 Å². The van der Waals surface area contributed by atoms with Gasteiger partial charge in [0.05, 0.1) is 6.61 Å². The highest BCUT2D eigenvalue weighted by Crippen LogP contribution is 2.47. The molecular weight excluding hydrogens is 252 g/mol. The third-order valence-electron chi connectivity index (χ3n) is 3.09. The van der Waals surface area contributed by atoms with Crippen molar-refractivity contribution >= 4 is 15.9 Å². The topological polar surface area (TPSA) is 9.23 Å². The van der Waals surface area contributed by atoms with E-state index in [2.05, 4.69) is 41.1 Å². The molecule has 1 fully saturated rings. The maximum atomic E-state index is 5.84. The molecule has 0 aliphatic heterocycles. The number of hydrogen-bond donors (Lipinski definition) is 0. The van der Waals surface area contributed by atoms with Crippen molar-refractivity contribution in [2.45, 2.75) is 26.2 Å². The minimum absolute atomic E-state index is 0.433. The monoisotopic (exact) mass is 268 g/mol. The molecule has 0 unspecified atom stereocenters. The van der Waals surface area contributed by atoms with E-state index < -0.39 is 0 Å². The lowest BCUT2D eigenvalue weighted by molar-refractivity contribution is 0.251. The van der Waals surface area contributed by atoms with Crippen molar-refractivity contribution in [1.29, 1.82) is 0 Å². The van der Waals surface area contributed by atoms with E-state index in [-0.39, 0.29) is 0 Å². The fraction of sp³-hybridized carbons (Fsp3) is 0.538. The third-order valence-corrected chi connectivity index (χ3v) is 4.28. The second kappa shape index (κ2) is 4.56. The Labute approximate surface area is 100.0 Å². The summed E-state index contributed by atoms with van der Waals surface area (Å²) in [5.41, 5.74) is 1.78. The highest BCUT2D eigenvalue weighted by molar-refractivity contribution is 9.09. The van der Waals surface area contributed by atoms with Crippen LogP contribution in [0, 0.1) is 5.41 Å². The fourth-order valence-electron chi connectivity index (χ4n) is 1.58. The lowest BCUT2D eigenvalue weighted by Gasteiger charge is -2.13. The predicted octanol–water partition coefficient (Wildman–Crippen LogP) is 3.80. The van der Waals surface area contributed by atoms with Gasteiger partial charge in [-0.1, -0.05) is 35.0 Å². The Morgan fingerprint density at radius 2 is 2.20 bits per heavy atom. The normalized spacial score (nSPS) is 17.5. The van der Waals surface area contributed by atoms with E-state index >= 15 is 0 Å². The van der Waals surface area contributed by atoms with Crippen molar-refractivity contribution in [2.75, 3.05) is 11.9 Å². The van der Waals surface area contributed by atoms with Crippen LogP contribution in [0.1, 0.15) is 25.3 Å². The molecule has 0 aromatic heterocycles. The van der Waals surface area contributed by atoms with Crippen molar-refractivity contribution < 1.29 is 4.74 Å². The standard InChI is InChI=1S/C13H17BrO/c1-2-11-4-3-5-12(8-11)15-10-13(9-14)6-7-13/h3-5,8H,2,6-7,9-10H2,1H3. The first kappa shape index (κ1) is 11.0. The van der Waals surface area contributed by atoms with Gasteiger partial charge in [0.1, 0.15) is 5.75 Å². The molecule has 0 N–H and O–H groups in total. The minimum atomic E-state index is 0.433. The second-order valence-electron chi connectivity index (χ2n) is 4.42. The number of halogens is 1. The molecule has 1 aromatic rings. The van der Waals surface area contributed by atoms with Crippen molar-refractivity contribution in [3.8, 4) is 5.75 Å². The van der Waals surface area contributed by atoms with Crippen LogP contribution in [-0.4, -0.2) is 11.9 Å². The lowest BCUT2D eigenvalue weighted by atomic mass is 10.1. The van der Waals surface area contributed by atoms with E-state index in [4.69, 9.17) is 4.74 Å². The zero-order chi connectivity index (χ0) is 10.7. The number of alkyl halides is 1. The summed E-state index contributed by atoms with van der Waals surface area (Å²) in [6.07, 6.45) is 3.66. The molecule has 0 radical (unpaired) electrons. The largest absolute Gasteiger partial charge is 0.493 e. The van der Waals surface area contributed by atoms with Gasteiger partial charge < -0.3 is 4.74 Å². The first-order valence-corrected chi connectivity index (χ1v) is 6.68. The summed E-state index contributed by atoms with van der Waals surface area (Å²) in [6, 6.07) is 8.40. The Kier molecular flexibility index (Phi) is 3.35. The Morgan fingerprint density at radius 1 is 1.40 bits per heavy atom. The number of rotatable bonds is 5. The zero-order valence-corrected chi connectivity index (χ0v) is 10.7. The highest BCUT2D eigenvalue weighted by atomic mass is 79.9. The van der Waals surface area contributed by atoms with Gasteiger partial charge in [-0.15, -0.1) is 0 Å². The average molecular weight is 269 g/mol. The van der Waals surface area contributed by atoms with Crippen molar-refractivity contribution in [2.24, 2.45) is 5.41 Å². The summed E-state index contributed by atoms with van der Waals surface area (Å²) >= 11 is 3.56. The quantitative estimate of drug-likeness (QED) is 0.739. The van der Waals surface area contributed by atoms with Gasteiger partial charge in [0.25, 0.3) is 0 Å². The molecule has 1 saturated carbocycles. The van der Waals surface area contributed by atoms with Crippen LogP contribution >= 0.6 is 15.9 Å². The van der Waals surface area contributed by atoms with Gasteiger partial charge in [0.2, 0.25) is 0 Å². The van der Waals surface area contributed by atoms with Crippen LogP contribution in [0.3, 0.4) is 0 Å². The molecule has 0 bridgehead atoms. The Hall–Kier alpha value is -0.500. The first-order valence-electron chi connectivity index (χ1n) is 5.56. The molecule has 15 heavy (non-hydrogen) atoms. The maximum absolute atomic E-state index is 5.84. The van der Waals surface area contributed by atoms with Crippen LogP contribution in [0.25, 0.3) is 0 Å². The van der Waals surface area contributed by atoms with Gasteiger partial charge in [0.15, 0.2) is 0 Å². The molecule has 1 aromatic carbocycles. The maximum Gasteiger partial charge on any atom is 0.119 e. The summed E-state index contributed by atoms with van der Waals surface area (Å²) in [7, 11) is 0. The first-order chi connectivity index (χ1) is 7.28. The molecule has 1 nitrogen and oxygen atoms in total. The smallest absolute Gasteiger partial charge is 0.119 e. The van der Waals surface area contributed by atoms with E-state index in [0.717, 1.165) is 24.1 Å². The van der Waals surface area contributed by atoms with Crippen molar-refractivity contribution in [3.63, 3.8) is 0 Å². The van der Waals surface area contributed by atoms with Gasteiger partial charge in [-0.3, -0.25) is 0 Å². The summed E-state index contributed by atoms with van der Waals surface area (Å²) in [5, 5.41) is 1.06. The number of aryl methyl sites for hydroxylation is 1. The van der Waals surface area contributed by atoms with Crippen LogP contribution < -0.4 is 4.74 Å². The zero-order valence-electron chi connectivity index (χ0n) is 9.13. The van der Waals surface area contributed by atoms with Crippen LogP contribution in [0.4, 0.5) is 0 Å². The van der Waals surface area contributed by atoms with Gasteiger partial charge in [0, 0.05) is 10.7 Å². The predicted molar refractivity (Wildman–Crippen MR) is 66.8 cm³/mol. The van der Waals surface area contributed by atoms with Crippen molar-refractivity contribution in [1.82, 2.24) is 0 Å². The molecule has 0 spiro atoms. The minimum Gasteiger partial charge on any atom is -0.493 e. The van der Waals surface area contributed by atoms with E-state index in [1.54, 1.807) is 0 Å². The number of ether oxygens (including phenoxy) is 1.